The fourth-order valence-electron chi connectivity index (χ4n) is 0.752. The molecule has 1 N–H and O–H groups in total. The van der Waals surface area contributed by atoms with Crippen molar-refractivity contribution in [2.75, 3.05) is 4.72 Å². The number of nitrogens with one attached hydrogen (secondary N) is 1. The summed E-state index contributed by atoms with van der Waals surface area (Å²) in [5.74, 6) is 0. The minimum Gasteiger partial charge on any atom is -0.305 e. The van der Waals surface area contributed by atoms with Crippen molar-refractivity contribution in [3.8, 4) is 0 Å². The number of hydrogen-bond acceptors (Lipinski definition) is 1. The first-order valence-corrected chi connectivity index (χ1v) is 5.61. The third-order valence-corrected chi connectivity index (χ3v) is 3.04. The third kappa shape index (κ3) is 3.36. The molecule has 72 valence electrons. The van der Waals surface area contributed by atoms with Gasteiger partial charge in [-0.05, 0) is 38.1 Å². The highest BCUT2D eigenvalue weighted by molar-refractivity contribution is 7.86. The number of anilines is 1. The molecule has 0 saturated heterocycles. The summed E-state index contributed by atoms with van der Waals surface area (Å²) in [7, 11) is -1.02. The van der Waals surface area contributed by atoms with E-state index in [4.69, 9.17) is 11.6 Å². The van der Waals surface area contributed by atoms with E-state index < -0.39 is 11.0 Å². The SMILES string of the molecule is CC(C)S(=O)Nc1ccc(Cl)cc1. The Morgan fingerprint density at radius 3 is 2.31 bits per heavy atom. The number of halogens is 1. The average molecular weight is 218 g/mol. The van der Waals surface area contributed by atoms with Gasteiger partial charge in [-0.25, -0.2) is 4.21 Å². The van der Waals surface area contributed by atoms with Gasteiger partial charge in [-0.2, -0.15) is 0 Å². The first-order chi connectivity index (χ1) is 6.09. The fraction of sp³-hybridized carbons (Fsp3) is 0.333. The van der Waals surface area contributed by atoms with E-state index in [1.807, 2.05) is 26.0 Å². The standard InChI is InChI=1S/C9H12ClNOS/c1-7(2)13(12)11-9-5-3-8(10)4-6-9/h3-7,11H,1-2H3. The largest absolute Gasteiger partial charge is 0.305 e. The highest BCUT2D eigenvalue weighted by Gasteiger charge is 2.03. The maximum atomic E-state index is 11.4. The van der Waals surface area contributed by atoms with E-state index in [9.17, 15) is 4.21 Å². The zero-order valence-corrected chi connectivity index (χ0v) is 9.15. The van der Waals surface area contributed by atoms with Crippen molar-refractivity contribution in [3.63, 3.8) is 0 Å². The predicted octanol–water partition coefficient (Wildman–Crippen LogP) is 2.82. The summed E-state index contributed by atoms with van der Waals surface area (Å²) in [6.45, 7) is 3.80. The topological polar surface area (TPSA) is 29.1 Å². The van der Waals surface area contributed by atoms with E-state index in [0.29, 0.717) is 5.02 Å². The van der Waals surface area contributed by atoms with Gasteiger partial charge in [0.1, 0.15) is 11.0 Å². The molecule has 0 bridgehead atoms. The molecule has 0 amide bonds. The van der Waals surface area contributed by atoms with Crippen LogP contribution in [0, 0.1) is 0 Å². The zero-order valence-electron chi connectivity index (χ0n) is 7.58. The first-order valence-electron chi connectivity index (χ1n) is 4.02. The smallest absolute Gasteiger partial charge is 0.119 e. The number of hydrogen-bond donors (Lipinski definition) is 1. The molecule has 0 heterocycles. The molecule has 0 fully saturated rings. The second-order valence-corrected chi connectivity index (χ2v) is 5.13. The van der Waals surface area contributed by atoms with Crippen molar-refractivity contribution in [2.45, 2.75) is 19.1 Å². The molecule has 13 heavy (non-hydrogen) atoms. The number of rotatable bonds is 3. The Bertz CT molecular complexity index is 297. The molecule has 0 aromatic heterocycles. The van der Waals surface area contributed by atoms with Crippen molar-refractivity contribution in [2.24, 2.45) is 0 Å². The zero-order chi connectivity index (χ0) is 9.84. The molecule has 0 aliphatic carbocycles. The highest BCUT2D eigenvalue weighted by Crippen LogP contribution is 2.14. The normalized spacial score (nSPS) is 12.9. The average Bonchev–Trinajstić information content (AvgIpc) is 2.08. The molecule has 4 heteroatoms. The molecule has 1 aromatic rings. The molecule has 0 radical (unpaired) electrons. The Morgan fingerprint density at radius 1 is 1.31 bits per heavy atom. The van der Waals surface area contributed by atoms with Crippen LogP contribution in [0.3, 0.4) is 0 Å². The van der Waals surface area contributed by atoms with Crippen LogP contribution in [-0.2, 0) is 11.0 Å². The van der Waals surface area contributed by atoms with E-state index in [-0.39, 0.29) is 5.25 Å². The molecule has 1 rings (SSSR count). The van der Waals surface area contributed by atoms with Crippen LogP contribution < -0.4 is 4.72 Å². The van der Waals surface area contributed by atoms with Crippen LogP contribution in [0.5, 0.6) is 0 Å². The lowest BCUT2D eigenvalue weighted by atomic mass is 10.3. The molecular formula is C9H12ClNOS. The summed E-state index contributed by atoms with van der Waals surface area (Å²) in [5, 5.41) is 0.788. The summed E-state index contributed by atoms with van der Waals surface area (Å²) in [4.78, 5) is 0. The van der Waals surface area contributed by atoms with Crippen LogP contribution >= 0.6 is 11.6 Å². The Kier molecular flexibility index (Phi) is 3.75. The predicted molar refractivity (Wildman–Crippen MR) is 58.4 cm³/mol. The van der Waals surface area contributed by atoms with Crippen LogP contribution in [0.2, 0.25) is 5.02 Å². The quantitative estimate of drug-likeness (QED) is 0.829. The van der Waals surface area contributed by atoms with Crippen LogP contribution in [0.4, 0.5) is 5.69 Å². The summed E-state index contributed by atoms with van der Waals surface area (Å²) >= 11 is 5.71. The van der Waals surface area contributed by atoms with Crippen molar-refractivity contribution >= 4 is 28.3 Å². The Hall–Kier alpha value is -0.540. The summed E-state index contributed by atoms with van der Waals surface area (Å²) < 4.78 is 14.2. The van der Waals surface area contributed by atoms with E-state index >= 15 is 0 Å². The van der Waals surface area contributed by atoms with Gasteiger partial charge >= 0.3 is 0 Å². The lowest BCUT2D eigenvalue weighted by Gasteiger charge is -2.08. The third-order valence-electron chi connectivity index (χ3n) is 1.49. The maximum Gasteiger partial charge on any atom is 0.119 e. The molecule has 2 nitrogen and oxygen atoms in total. The van der Waals surface area contributed by atoms with Gasteiger partial charge in [-0.15, -0.1) is 0 Å². The van der Waals surface area contributed by atoms with Gasteiger partial charge in [0, 0.05) is 16.0 Å². The first kappa shape index (κ1) is 10.5. The molecule has 0 saturated carbocycles. The molecule has 1 unspecified atom stereocenters. The second-order valence-electron chi connectivity index (χ2n) is 2.96. The lowest BCUT2D eigenvalue weighted by Crippen LogP contribution is -2.14. The lowest BCUT2D eigenvalue weighted by molar-refractivity contribution is 0.680. The maximum absolute atomic E-state index is 11.4. The van der Waals surface area contributed by atoms with Crippen molar-refractivity contribution < 1.29 is 4.21 Å². The Balaban J connectivity index is 2.65. The van der Waals surface area contributed by atoms with Crippen LogP contribution in [-0.4, -0.2) is 9.46 Å². The summed E-state index contributed by atoms with van der Waals surface area (Å²) in [5.41, 5.74) is 0.830. The van der Waals surface area contributed by atoms with E-state index in [1.165, 1.54) is 0 Å². The van der Waals surface area contributed by atoms with Gasteiger partial charge in [0.2, 0.25) is 0 Å². The van der Waals surface area contributed by atoms with Gasteiger partial charge in [0.25, 0.3) is 0 Å². The second kappa shape index (κ2) is 4.63. The summed E-state index contributed by atoms with van der Waals surface area (Å²) in [6.07, 6.45) is 0. The molecule has 1 atom stereocenters. The van der Waals surface area contributed by atoms with E-state index in [2.05, 4.69) is 4.72 Å². The van der Waals surface area contributed by atoms with Crippen molar-refractivity contribution in [1.82, 2.24) is 0 Å². The Labute approximate surface area is 85.9 Å². The van der Waals surface area contributed by atoms with Gasteiger partial charge < -0.3 is 4.72 Å². The number of benzene rings is 1. The van der Waals surface area contributed by atoms with Crippen LogP contribution in [0.25, 0.3) is 0 Å². The van der Waals surface area contributed by atoms with Gasteiger partial charge in [0.15, 0.2) is 0 Å². The van der Waals surface area contributed by atoms with Gasteiger partial charge in [0.05, 0.1) is 0 Å². The van der Waals surface area contributed by atoms with Crippen molar-refractivity contribution in [3.05, 3.63) is 29.3 Å². The highest BCUT2D eigenvalue weighted by atomic mass is 35.5. The monoisotopic (exact) mass is 217 g/mol. The molecule has 1 aromatic carbocycles. The molecule has 0 aliphatic rings. The molecule has 0 spiro atoms. The van der Waals surface area contributed by atoms with Gasteiger partial charge in [-0.3, -0.25) is 0 Å². The fourth-order valence-corrected chi connectivity index (χ4v) is 1.48. The van der Waals surface area contributed by atoms with Crippen LogP contribution in [0.15, 0.2) is 24.3 Å². The van der Waals surface area contributed by atoms with E-state index in [0.717, 1.165) is 5.69 Å². The Morgan fingerprint density at radius 2 is 1.85 bits per heavy atom. The molecule has 0 aliphatic heterocycles. The van der Waals surface area contributed by atoms with Crippen molar-refractivity contribution in [1.29, 1.82) is 0 Å². The molecular weight excluding hydrogens is 206 g/mol. The van der Waals surface area contributed by atoms with E-state index in [1.54, 1.807) is 12.1 Å². The van der Waals surface area contributed by atoms with Gasteiger partial charge in [-0.1, -0.05) is 11.6 Å². The summed E-state index contributed by atoms with van der Waals surface area (Å²) in [6, 6.07) is 7.15. The minimum absolute atomic E-state index is 0.107. The van der Waals surface area contributed by atoms with Crippen LogP contribution in [0.1, 0.15) is 13.8 Å². The minimum atomic E-state index is -1.02.